The minimum Gasteiger partial charge on any atom is -0.312 e. The quantitative estimate of drug-likeness (QED) is 0.802. The van der Waals surface area contributed by atoms with Crippen LogP contribution in [0.5, 0.6) is 0 Å². The van der Waals surface area contributed by atoms with E-state index < -0.39 is 0 Å². The summed E-state index contributed by atoms with van der Waals surface area (Å²) in [5.74, 6) is 3.08. The van der Waals surface area contributed by atoms with E-state index in [1.165, 1.54) is 43.4 Å². The summed E-state index contributed by atoms with van der Waals surface area (Å²) < 4.78 is 0. The van der Waals surface area contributed by atoms with Gasteiger partial charge < -0.3 is 5.32 Å². The lowest BCUT2D eigenvalue weighted by molar-refractivity contribution is 0.378. The van der Waals surface area contributed by atoms with Crippen molar-refractivity contribution >= 4 is 0 Å². The number of hydrogen-bond donors (Lipinski definition) is 1. The second kappa shape index (κ2) is 5.52. The fourth-order valence-corrected chi connectivity index (χ4v) is 3.27. The molecule has 2 aliphatic rings. The second-order valence-corrected chi connectivity index (χ2v) is 7.92. The van der Waals surface area contributed by atoms with E-state index in [9.17, 15) is 0 Å². The van der Waals surface area contributed by atoms with Crippen LogP contribution in [0.1, 0.15) is 57.6 Å². The molecular formula is C19H29N. The molecule has 1 aromatic carbocycles. The van der Waals surface area contributed by atoms with Gasteiger partial charge in [0.25, 0.3) is 0 Å². The summed E-state index contributed by atoms with van der Waals surface area (Å²) in [5, 5.41) is 3.70. The maximum atomic E-state index is 3.70. The van der Waals surface area contributed by atoms with Crippen molar-refractivity contribution in [3.63, 3.8) is 0 Å². The van der Waals surface area contributed by atoms with Gasteiger partial charge in [-0.05, 0) is 66.5 Å². The Morgan fingerprint density at radius 3 is 2.00 bits per heavy atom. The van der Waals surface area contributed by atoms with Crippen molar-refractivity contribution in [2.24, 2.45) is 17.8 Å². The molecule has 2 aliphatic carbocycles. The average Bonchev–Trinajstić information content (AvgIpc) is 3.27. The lowest BCUT2D eigenvalue weighted by Gasteiger charge is -2.19. The van der Waals surface area contributed by atoms with Crippen molar-refractivity contribution < 1.29 is 0 Å². The summed E-state index contributed by atoms with van der Waals surface area (Å²) in [5.41, 5.74) is 3.10. The maximum absolute atomic E-state index is 3.70. The predicted octanol–water partition coefficient (Wildman–Crippen LogP) is 4.51. The molecule has 0 saturated heterocycles. The fraction of sp³-hybridized carbons (Fsp3) is 0.684. The molecule has 0 atom stereocenters. The zero-order valence-electron chi connectivity index (χ0n) is 13.3. The summed E-state index contributed by atoms with van der Waals surface area (Å²) in [7, 11) is 0. The van der Waals surface area contributed by atoms with Gasteiger partial charge in [0.1, 0.15) is 0 Å². The Labute approximate surface area is 124 Å². The Morgan fingerprint density at radius 2 is 1.55 bits per heavy atom. The molecule has 1 heteroatoms. The van der Waals surface area contributed by atoms with E-state index in [2.05, 4.69) is 50.4 Å². The van der Waals surface area contributed by atoms with E-state index in [-0.39, 0.29) is 5.41 Å². The van der Waals surface area contributed by atoms with Crippen LogP contribution in [0.15, 0.2) is 24.3 Å². The van der Waals surface area contributed by atoms with E-state index in [4.69, 9.17) is 0 Å². The van der Waals surface area contributed by atoms with E-state index in [0.29, 0.717) is 0 Å². The van der Waals surface area contributed by atoms with Gasteiger partial charge in [0, 0.05) is 6.54 Å². The van der Waals surface area contributed by atoms with Crippen LogP contribution < -0.4 is 5.32 Å². The van der Waals surface area contributed by atoms with Gasteiger partial charge >= 0.3 is 0 Å². The minimum absolute atomic E-state index is 0.259. The van der Waals surface area contributed by atoms with Crippen LogP contribution in [-0.4, -0.2) is 6.54 Å². The average molecular weight is 271 g/mol. The zero-order chi connectivity index (χ0) is 14.2. The SMILES string of the molecule is CC(C)(C)c1ccc(CNCC(C2CC2)C2CC2)cc1. The first-order chi connectivity index (χ1) is 9.54. The van der Waals surface area contributed by atoms with Crippen molar-refractivity contribution in [2.75, 3.05) is 6.54 Å². The largest absolute Gasteiger partial charge is 0.312 e. The zero-order valence-corrected chi connectivity index (χ0v) is 13.3. The van der Waals surface area contributed by atoms with Crippen LogP contribution in [-0.2, 0) is 12.0 Å². The molecule has 1 N–H and O–H groups in total. The Bertz CT molecular complexity index is 420. The maximum Gasteiger partial charge on any atom is 0.0205 e. The predicted molar refractivity (Wildman–Crippen MR) is 85.8 cm³/mol. The van der Waals surface area contributed by atoms with Gasteiger partial charge in [0.15, 0.2) is 0 Å². The summed E-state index contributed by atoms with van der Waals surface area (Å²) in [6.45, 7) is 9.08. The molecule has 0 heterocycles. The van der Waals surface area contributed by atoms with Crippen molar-refractivity contribution in [3.05, 3.63) is 35.4 Å². The van der Waals surface area contributed by atoms with Crippen LogP contribution in [0.2, 0.25) is 0 Å². The molecule has 0 radical (unpaired) electrons. The van der Waals surface area contributed by atoms with Gasteiger partial charge in [0.2, 0.25) is 0 Å². The highest BCUT2D eigenvalue weighted by atomic mass is 14.9. The van der Waals surface area contributed by atoms with Gasteiger partial charge in [-0.15, -0.1) is 0 Å². The number of rotatable bonds is 6. The molecular weight excluding hydrogens is 242 g/mol. The molecule has 3 rings (SSSR count). The van der Waals surface area contributed by atoms with Crippen LogP contribution in [0, 0.1) is 17.8 Å². The highest BCUT2D eigenvalue weighted by Gasteiger charge is 2.40. The standard InChI is InChI=1S/C19H29N/c1-19(2,3)17-10-4-14(5-11-17)12-20-13-18(15-6-7-15)16-8-9-16/h4-5,10-11,15-16,18,20H,6-9,12-13H2,1-3H3. The minimum atomic E-state index is 0.259. The summed E-state index contributed by atoms with van der Waals surface area (Å²) in [4.78, 5) is 0. The van der Waals surface area contributed by atoms with Crippen molar-refractivity contribution in [3.8, 4) is 0 Å². The number of benzene rings is 1. The van der Waals surface area contributed by atoms with Crippen molar-refractivity contribution in [2.45, 2.75) is 58.4 Å². The molecule has 20 heavy (non-hydrogen) atoms. The van der Waals surface area contributed by atoms with Crippen LogP contribution in [0.25, 0.3) is 0 Å². The normalized spacial score (nSPS) is 19.6. The first-order valence-corrected chi connectivity index (χ1v) is 8.34. The molecule has 0 spiro atoms. The third-order valence-electron chi connectivity index (χ3n) is 4.98. The molecule has 110 valence electrons. The molecule has 0 amide bonds. The number of nitrogens with one attached hydrogen (secondary N) is 1. The van der Waals surface area contributed by atoms with E-state index in [1.807, 2.05) is 0 Å². The van der Waals surface area contributed by atoms with E-state index in [0.717, 1.165) is 24.3 Å². The van der Waals surface area contributed by atoms with Crippen LogP contribution in [0.3, 0.4) is 0 Å². The highest BCUT2D eigenvalue weighted by molar-refractivity contribution is 5.27. The molecule has 2 fully saturated rings. The second-order valence-electron chi connectivity index (χ2n) is 7.92. The lowest BCUT2D eigenvalue weighted by Crippen LogP contribution is -2.25. The number of hydrogen-bond acceptors (Lipinski definition) is 1. The van der Waals surface area contributed by atoms with Crippen LogP contribution >= 0.6 is 0 Å². The first-order valence-electron chi connectivity index (χ1n) is 8.34. The highest BCUT2D eigenvalue weighted by Crippen LogP contribution is 2.48. The molecule has 0 aromatic heterocycles. The van der Waals surface area contributed by atoms with E-state index in [1.54, 1.807) is 0 Å². The topological polar surface area (TPSA) is 12.0 Å². The molecule has 0 bridgehead atoms. The van der Waals surface area contributed by atoms with Gasteiger partial charge in [-0.25, -0.2) is 0 Å². The van der Waals surface area contributed by atoms with Gasteiger partial charge in [-0.3, -0.25) is 0 Å². The lowest BCUT2D eigenvalue weighted by atomic mass is 9.87. The Morgan fingerprint density at radius 1 is 1.00 bits per heavy atom. The smallest absolute Gasteiger partial charge is 0.0205 e. The monoisotopic (exact) mass is 271 g/mol. The summed E-state index contributed by atoms with van der Waals surface area (Å²) >= 11 is 0. The fourth-order valence-electron chi connectivity index (χ4n) is 3.27. The molecule has 1 nitrogen and oxygen atoms in total. The van der Waals surface area contributed by atoms with Gasteiger partial charge in [0.05, 0.1) is 0 Å². The third kappa shape index (κ3) is 3.63. The first kappa shape index (κ1) is 14.1. The molecule has 1 aromatic rings. The van der Waals surface area contributed by atoms with Gasteiger partial charge in [-0.2, -0.15) is 0 Å². The van der Waals surface area contributed by atoms with Crippen molar-refractivity contribution in [1.29, 1.82) is 0 Å². The Balaban J connectivity index is 1.48. The van der Waals surface area contributed by atoms with Crippen LogP contribution in [0.4, 0.5) is 0 Å². The molecule has 0 aliphatic heterocycles. The molecule has 2 saturated carbocycles. The van der Waals surface area contributed by atoms with Gasteiger partial charge in [-0.1, -0.05) is 45.0 Å². The Kier molecular flexibility index (Phi) is 3.90. The Hall–Kier alpha value is -0.820. The summed E-state index contributed by atoms with van der Waals surface area (Å²) in [6, 6.07) is 9.15. The summed E-state index contributed by atoms with van der Waals surface area (Å²) in [6.07, 6.45) is 5.96. The molecule has 0 unspecified atom stereocenters. The third-order valence-corrected chi connectivity index (χ3v) is 4.98. The van der Waals surface area contributed by atoms with E-state index >= 15 is 0 Å². The van der Waals surface area contributed by atoms with Crippen molar-refractivity contribution in [1.82, 2.24) is 5.32 Å².